The molecule has 104 valence electrons. The molecule has 2 aliphatic carbocycles. The summed E-state index contributed by atoms with van der Waals surface area (Å²) in [5, 5.41) is 0. The Bertz CT molecular complexity index is 361. The summed E-state index contributed by atoms with van der Waals surface area (Å²) in [6.45, 7) is 12.9. The van der Waals surface area contributed by atoms with Crippen molar-refractivity contribution in [2.45, 2.75) is 54.4 Å². The van der Waals surface area contributed by atoms with Crippen molar-refractivity contribution in [1.82, 2.24) is 0 Å². The molecule has 0 aromatic carbocycles. The van der Waals surface area contributed by atoms with Crippen molar-refractivity contribution < 1.29 is 55.7 Å². The molecule has 3 heteroatoms. The van der Waals surface area contributed by atoms with Crippen molar-refractivity contribution >= 4 is 0 Å². The molecule has 0 aromatic heterocycles. The molecule has 0 spiro atoms. The number of rotatable bonds is 0. The summed E-state index contributed by atoms with van der Waals surface area (Å²) in [7, 11) is 0. The Kier molecular flexibility index (Phi) is 14.7. The monoisotopic (exact) mass is 420 g/mol. The van der Waals surface area contributed by atoms with Crippen LogP contribution in [0, 0.1) is 12.2 Å². The largest absolute Gasteiger partial charge is 4.00 e. The number of allylic oxidation sites excluding steroid dienone is 8. The third-order valence-electron chi connectivity index (χ3n) is 3.64. The van der Waals surface area contributed by atoms with E-state index in [9.17, 15) is 0 Å². The molecule has 19 heavy (non-hydrogen) atoms. The second-order valence-corrected chi connectivity index (χ2v) is 4.77. The van der Waals surface area contributed by atoms with E-state index >= 15 is 0 Å². The van der Waals surface area contributed by atoms with Crippen molar-refractivity contribution in [2.24, 2.45) is 0 Å². The number of hydrogen-bond donors (Lipinski definition) is 0. The zero-order chi connectivity index (χ0) is 12.3. The topological polar surface area (TPSA) is 0 Å². The van der Waals surface area contributed by atoms with Gasteiger partial charge in [0.15, 0.2) is 0 Å². The second-order valence-electron chi connectivity index (χ2n) is 4.77. The van der Waals surface area contributed by atoms with Gasteiger partial charge >= 0.3 is 21.7 Å². The molecule has 0 nitrogen and oxygen atoms in total. The quantitative estimate of drug-likeness (QED) is 0.346. The minimum atomic E-state index is 0. The van der Waals surface area contributed by atoms with Gasteiger partial charge in [-0.2, -0.15) is 22.3 Å². The summed E-state index contributed by atoms with van der Waals surface area (Å²) in [5.74, 6) is 0. The molecule has 0 fully saturated rings. The molecule has 0 saturated heterocycles. The first kappa shape index (κ1) is 24.6. The van der Waals surface area contributed by atoms with Crippen molar-refractivity contribution in [1.29, 1.82) is 0 Å². The van der Waals surface area contributed by atoms with Gasteiger partial charge in [-0.05, 0) is 0 Å². The van der Waals surface area contributed by atoms with E-state index in [0.717, 1.165) is 12.8 Å². The van der Waals surface area contributed by atoms with Gasteiger partial charge in [-0.15, -0.1) is 26.7 Å². The van der Waals surface area contributed by atoms with Gasteiger partial charge in [0, 0.05) is 0 Å². The Morgan fingerprint density at radius 3 is 0.947 bits per heavy atom. The van der Waals surface area contributed by atoms with Gasteiger partial charge in [-0.25, -0.2) is 11.1 Å². The predicted molar refractivity (Wildman–Crippen MR) is 70.8 cm³/mol. The van der Waals surface area contributed by atoms with Crippen molar-refractivity contribution in [3.05, 3.63) is 45.6 Å². The van der Waals surface area contributed by atoms with Crippen LogP contribution in [-0.2, 0) is 21.7 Å². The van der Waals surface area contributed by atoms with E-state index in [1.165, 1.54) is 33.4 Å². The van der Waals surface area contributed by atoms with Gasteiger partial charge < -0.3 is 34.0 Å². The molecular weight excluding hydrogens is 400 g/mol. The van der Waals surface area contributed by atoms with E-state index in [4.69, 9.17) is 0 Å². The summed E-state index contributed by atoms with van der Waals surface area (Å²) in [4.78, 5) is 0. The summed E-state index contributed by atoms with van der Waals surface area (Å²) >= 11 is 0. The average Bonchev–Trinajstić information content (AvgIpc) is 2.70. The molecule has 0 bridgehead atoms. The summed E-state index contributed by atoms with van der Waals surface area (Å²) in [5.41, 5.74) is 8.49. The summed E-state index contributed by atoms with van der Waals surface area (Å²) < 4.78 is 0. The van der Waals surface area contributed by atoms with E-state index in [-0.39, 0.29) is 55.7 Å². The van der Waals surface area contributed by atoms with E-state index in [0.29, 0.717) is 0 Å². The third kappa shape index (κ3) is 7.27. The summed E-state index contributed by atoms with van der Waals surface area (Å²) in [6, 6.07) is 0. The number of hydrogen-bond acceptors (Lipinski definition) is 0. The van der Waals surface area contributed by atoms with Crippen LogP contribution in [0.2, 0.25) is 0 Å². The minimum absolute atomic E-state index is 0. The Labute approximate surface area is 154 Å². The van der Waals surface area contributed by atoms with Crippen LogP contribution in [0.25, 0.3) is 0 Å². The normalized spacial score (nSPS) is 16.5. The van der Waals surface area contributed by atoms with Crippen LogP contribution >= 0.6 is 0 Å². The van der Waals surface area contributed by atoms with Crippen LogP contribution in [-0.4, -0.2) is 0 Å². The predicted octanol–water partition coefficient (Wildman–Crippen LogP) is -1.04. The van der Waals surface area contributed by atoms with Gasteiger partial charge in [0.25, 0.3) is 0 Å². The maximum atomic E-state index is 3.26. The maximum Gasteiger partial charge on any atom is 4.00 e. The van der Waals surface area contributed by atoms with Crippen molar-refractivity contribution in [2.75, 3.05) is 0 Å². The Morgan fingerprint density at radius 2 is 0.895 bits per heavy atom. The minimum Gasteiger partial charge on any atom is -1.00 e. The smallest absolute Gasteiger partial charge is 1.00 e. The van der Waals surface area contributed by atoms with Crippen LogP contribution in [0.5, 0.6) is 0 Å². The second kappa shape index (κ2) is 11.3. The van der Waals surface area contributed by atoms with Crippen LogP contribution in [0.3, 0.4) is 0 Å². The fraction of sp³-hybridized carbons (Fsp3) is 0.500. The Balaban J connectivity index is -0.000000233. The van der Waals surface area contributed by atoms with Crippen LogP contribution < -0.4 is 34.0 Å². The molecular formula is C16H22Br2Ti. The standard InChI is InChI=1S/2C8H11.2BrH.Ti/c2*1-6-4-5-7(2)8(6)3;;;/h2*4H2,1-3H3;2*1H;/q2*-1;;;+4/p-2. The first-order valence-corrected chi connectivity index (χ1v) is 5.91. The van der Waals surface area contributed by atoms with Gasteiger partial charge in [-0.1, -0.05) is 27.7 Å². The maximum absolute atomic E-state index is 3.26. The third-order valence-corrected chi connectivity index (χ3v) is 3.64. The summed E-state index contributed by atoms with van der Waals surface area (Å²) in [6.07, 6.45) is 8.63. The molecule has 0 heterocycles. The van der Waals surface area contributed by atoms with E-state index < -0.39 is 0 Å². The molecule has 0 saturated carbocycles. The van der Waals surface area contributed by atoms with E-state index in [1.807, 2.05) is 0 Å². The SMILES string of the molecule is CC1=[C-]CC(C)=C1C.CC1=[C-]CC(C)=C1C.[Br-].[Br-].[Ti+4]. The van der Waals surface area contributed by atoms with Gasteiger partial charge in [0.1, 0.15) is 0 Å². The van der Waals surface area contributed by atoms with Crippen LogP contribution in [0.4, 0.5) is 0 Å². The Hall–Kier alpha value is 0.634. The fourth-order valence-electron chi connectivity index (χ4n) is 1.70. The van der Waals surface area contributed by atoms with Gasteiger partial charge in [-0.3, -0.25) is 12.2 Å². The van der Waals surface area contributed by atoms with Crippen molar-refractivity contribution in [3.8, 4) is 0 Å². The number of halogens is 2. The molecule has 0 amide bonds. The molecule has 0 aromatic rings. The van der Waals surface area contributed by atoms with Crippen LogP contribution in [0.15, 0.2) is 33.4 Å². The molecule has 0 unspecified atom stereocenters. The molecule has 2 aliphatic rings. The molecule has 0 atom stereocenters. The first-order chi connectivity index (χ1) is 7.43. The Morgan fingerprint density at radius 1 is 0.632 bits per heavy atom. The molecule has 0 aliphatic heterocycles. The van der Waals surface area contributed by atoms with Gasteiger partial charge in [0.2, 0.25) is 0 Å². The average molecular weight is 422 g/mol. The van der Waals surface area contributed by atoms with Crippen LogP contribution in [0.1, 0.15) is 54.4 Å². The molecule has 2 rings (SSSR count). The molecule has 0 radical (unpaired) electrons. The fourth-order valence-corrected chi connectivity index (χ4v) is 1.70. The van der Waals surface area contributed by atoms with E-state index in [2.05, 4.69) is 53.7 Å². The van der Waals surface area contributed by atoms with Gasteiger partial charge in [0.05, 0.1) is 0 Å². The zero-order valence-electron chi connectivity index (χ0n) is 12.7. The first-order valence-electron chi connectivity index (χ1n) is 5.91. The molecule has 0 N–H and O–H groups in total. The van der Waals surface area contributed by atoms with Crippen molar-refractivity contribution in [3.63, 3.8) is 0 Å². The van der Waals surface area contributed by atoms with E-state index in [1.54, 1.807) is 0 Å². The zero-order valence-corrected chi connectivity index (χ0v) is 17.4.